The highest BCUT2D eigenvalue weighted by molar-refractivity contribution is 6.30. The van der Waals surface area contributed by atoms with Gasteiger partial charge in [0.15, 0.2) is 5.69 Å². The minimum absolute atomic E-state index is 0.0951. The van der Waals surface area contributed by atoms with Crippen LogP contribution in [0.5, 0.6) is 11.5 Å². The van der Waals surface area contributed by atoms with Gasteiger partial charge in [-0.25, -0.2) is 4.68 Å². The maximum atomic E-state index is 13.1. The summed E-state index contributed by atoms with van der Waals surface area (Å²) in [7, 11) is 3.28. The van der Waals surface area contributed by atoms with Gasteiger partial charge in [0.1, 0.15) is 11.5 Å². The van der Waals surface area contributed by atoms with Crippen molar-refractivity contribution in [2.45, 2.75) is 13.5 Å². The van der Waals surface area contributed by atoms with Crippen LogP contribution < -0.4 is 9.47 Å². The molecule has 168 valence electrons. The van der Waals surface area contributed by atoms with E-state index < -0.39 is 0 Å². The van der Waals surface area contributed by atoms with E-state index in [9.17, 15) is 4.79 Å². The van der Waals surface area contributed by atoms with E-state index >= 15 is 0 Å². The topological polar surface area (TPSA) is 72.7 Å². The molecule has 32 heavy (non-hydrogen) atoms. The fourth-order valence-electron chi connectivity index (χ4n) is 3.87. The number of piperazine rings is 1. The Morgan fingerprint density at radius 1 is 1.03 bits per heavy atom. The predicted octanol–water partition coefficient (Wildman–Crippen LogP) is 3.20. The van der Waals surface area contributed by atoms with Crippen molar-refractivity contribution in [1.82, 2.24) is 24.8 Å². The molecule has 0 saturated carbocycles. The molecule has 1 fully saturated rings. The first-order valence-electron chi connectivity index (χ1n) is 10.4. The summed E-state index contributed by atoms with van der Waals surface area (Å²) in [6.45, 7) is 5.34. The quantitative estimate of drug-likeness (QED) is 0.568. The van der Waals surface area contributed by atoms with Gasteiger partial charge in [-0.1, -0.05) is 16.8 Å². The molecular weight excluding hydrogens is 430 g/mol. The van der Waals surface area contributed by atoms with E-state index in [0.29, 0.717) is 29.5 Å². The number of nitrogens with zero attached hydrogens (tertiary/aromatic N) is 5. The lowest BCUT2D eigenvalue weighted by Crippen LogP contribution is -2.48. The van der Waals surface area contributed by atoms with Gasteiger partial charge < -0.3 is 14.4 Å². The molecule has 0 atom stereocenters. The lowest BCUT2D eigenvalue weighted by atomic mass is 10.1. The molecule has 0 bridgehead atoms. The summed E-state index contributed by atoms with van der Waals surface area (Å²) in [6, 6.07) is 13.1. The van der Waals surface area contributed by atoms with Crippen molar-refractivity contribution in [3.63, 3.8) is 0 Å². The highest BCUT2D eigenvalue weighted by atomic mass is 35.5. The standard InChI is InChI=1S/C23H26ClN5O3/c1-16-22(25-26-29(16)19-5-7-20(31-2)8-6-19)23(30)28-12-10-27(11-13-28)15-17-14-18(24)4-9-21(17)32-3/h4-9,14H,10-13,15H2,1-3H3. The third-order valence-electron chi connectivity index (χ3n) is 5.71. The number of carbonyl (C=O) groups excluding carboxylic acids is 1. The summed E-state index contributed by atoms with van der Waals surface area (Å²) in [6.07, 6.45) is 0. The second-order valence-corrected chi connectivity index (χ2v) is 8.09. The lowest BCUT2D eigenvalue weighted by Gasteiger charge is -2.34. The Labute approximate surface area is 192 Å². The van der Waals surface area contributed by atoms with Crippen LogP contribution in [0.25, 0.3) is 5.69 Å². The molecule has 9 heteroatoms. The fraction of sp³-hybridized carbons (Fsp3) is 0.348. The number of carbonyl (C=O) groups is 1. The number of halogens is 1. The van der Waals surface area contributed by atoms with E-state index in [-0.39, 0.29) is 5.91 Å². The number of benzene rings is 2. The third kappa shape index (κ3) is 4.56. The monoisotopic (exact) mass is 455 g/mol. The predicted molar refractivity (Wildman–Crippen MR) is 122 cm³/mol. The average Bonchev–Trinajstić information content (AvgIpc) is 3.20. The van der Waals surface area contributed by atoms with Gasteiger partial charge in [0.2, 0.25) is 0 Å². The van der Waals surface area contributed by atoms with E-state index in [2.05, 4.69) is 15.2 Å². The zero-order valence-electron chi connectivity index (χ0n) is 18.4. The van der Waals surface area contributed by atoms with Crippen LogP contribution in [0.4, 0.5) is 0 Å². The van der Waals surface area contributed by atoms with E-state index in [1.807, 2.05) is 54.3 Å². The molecule has 0 unspecified atom stereocenters. The highest BCUT2D eigenvalue weighted by Crippen LogP contribution is 2.25. The molecule has 0 radical (unpaired) electrons. The largest absolute Gasteiger partial charge is 0.497 e. The molecule has 8 nitrogen and oxygen atoms in total. The zero-order chi connectivity index (χ0) is 22.7. The molecule has 2 aromatic carbocycles. The zero-order valence-corrected chi connectivity index (χ0v) is 19.2. The molecule has 0 N–H and O–H groups in total. The van der Waals surface area contributed by atoms with Gasteiger partial charge in [-0.05, 0) is 49.4 Å². The average molecular weight is 456 g/mol. The number of hydrogen-bond donors (Lipinski definition) is 0. The first kappa shape index (κ1) is 22.1. The van der Waals surface area contributed by atoms with Crippen molar-refractivity contribution in [2.24, 2.45) is 0 Å². The summed E-state index contributed by atoms with van der Waals surface area (Å²) >= 11 is 6.15. The second-order valence-electron chi connectivity index (χ2n) is 7.66. The van der Waals surface area contributed by atoms with Gasteiger partial charge in [0, 0.05) is 43.3 Å². The molecule has 4 rings (SSSR count). The number of rotatable bonds is 6. The molecule has 0 spiro atoms. The van der Waals surface area contributed by atoms with Crippen molar-refractivity contribution >= 4 is 17.5 Å². The number of hydrogen-bond acceptors (Lipinski definition) is 6. The molecule has 1 saturated heterocycles. The Morgan fingerprint density at radius 3 is 2.41 bits per heavy atom. The Hall–Kier alpha value is -3.10. The van der Waals surface area contributed by atoms with E-state index in [0.717, 1.165) is 42.4 Å². The van der Waals surface area contributed by atoms with Crippen molar-refractivity contribution in [3.8, 4) is 17.2 Å². The van der Waals surface area contributed by atoms with E-state index in [4.69, 9.17) is 21.1 Å². The Kier molecular flexibility index (Phi) is 6.62. The van der Waals surface area contributed by atoms with Crippen LogP contribution in [0.15, 0.2) is 42.5 Å². The smallest absolute Gasteiger partial charge is 0.276 e. The normalized spacial score (nSPS) is 14.4. The molecule has 3 aromatic rings. The fourth-order valence-corrected chi connectivity index (χ4v) is 4.06. The molecule has 1 aliphatic heterocycles. The lowest BCUT2D eigenvalue weighted by molar-refractivity contribution is 0.0621. The molecular formula is C23H26ClN5O3. The van der Waals surface area contributed by atoms with Gasteiger partial charge in [0.25, 0.3) is 5.91 Å². The van der Waals surface area contributed by atoms with Crippen molar-refractivity contribution < 1.29 is 14.3 Å². The number of ether oxygens (including phenoxy) is 2. The Morgan fingerprint density at radius 2 is 1.75 bits per heavy atom. The van der Waals surface area contributed by atoms with Crippen molar-refractivity contribution in [3.05, 3.63) is 64.4 Å². The molecule has 0 aliphatic carbocycles. The first-order valence-corrected chi connectivity index (χ1v) is 10.8. The highest BCUT2D eigenvalue weighted by Gasteiger charge is 2.27. The molecule has 1 aliphatic rings. The SMILES string of the molecule is COc1ccc(-n2nnc(C(=O)N3CCN(Cc4cc(Cl)ccc4OC)CC3)c2C)cc1. The number of amides is 1. The minimum atomic E-state index is -0.0951. The van der Waals surface area contributed by atoms with Gasteiger partial charge in [0.05, 0.1) is 25.6 Å². The molecule has 2 heterocycles. The summed E-state index contributed by atoms with van der Waals surface area (Å²) in [4.78, 5) is 17.2. The van der Waals surface area contributed by atoms with Crippen LogP contribution in [0.3, 0.4) is 0 Å². The van der Waals surface area contributed by atoms with Crippen molar-refractivity contribution in [2.75, 3.05) is 40.4 Å². The van der Waals surface area contributed by atoms with Crippen LogP contribution >= 0.6 is 11.6 Å². The maximum Gasteiger partial charge on any atom is 0.276 e. The summed E-state index contributed by atoms with van der Waals surface area (Å²) in [5, 5.41) is 9.06. The summed E-state index contributed by atoms with van der Waals surface area (Å²) in [5.74, 6) is 1.48. The molecule has 1 amide bonds. The number of methoxy groups -OCH3 is 2. The second kappa shape index (κ2) is 9.58. The van der Waals surface area contributed by atoms with Crippen LogP contribution in [0, 0.1) is 6.92 Å². The van der Waals surface area contributed by atoms with Crippen LogP contribution in [0.2, 0.25) is 5.02 Å². The van der Waals surface area contributed by atoms with E-state index in [1.54, 1.807) is 18.9 Å². The third-order valence-corrected chi connectivity index (χ3v) is 5.95. The Balaban J connectivity index is 1.41. The number of aromatic nitrogens is 3. The maximum absolute atomic E-state index is 13.1. The van der Waals surface area contributed by atoms with Crippen LogP contribution in [-0.4, -0.2) is 71.1 Å². The van der Waals surface area contributed by atoms with Gasteiger partial charge in [-0.3, -0.25) is 9.69 Å². The van der Waals surface area contributed by atoms with Crippen LogP contribution in [0.1, 0.15) is 21.7 Å². The minimum Gasteiger partial charge on any atom is -0.497 e. The summed E-state index contributed by atoms with van der Waals surface area (Å²) in [5.41, 5.74) is 2.96. The van der Waals surface area contributed by atoms with Crippen molar-refractivity contribution in [1.29, 1.82) is 0 Å². The molecule has 1 aromatic heterocycles. The summed E-state index contributed by atoms with van der Waals surface area (Å²) < 4.78 is 12.3. The Bertz CT molecular complexity index is 1090. The first-order chi connectivity index (χ1) is 15.5. The van der Waals surface area contributed by atoms with Gasteiger partial charge >= 0.3 is 0 Å². The van der Waals surface area contributed by atoms with Gasteiger partial charge in [-0.2, -0.15) is 0 Å². The van der Waals surface area contributed by atoms with Crippen LogP contribution in [-0.2, 0) is 6.54 Å². The van der Waals surface area contributed by atoms with E-state index in [1.165, 1.54) is 0 Å². The van der Waals surface area contributed by atoms with Gasteiger partial charge in [-0.15, -0.1) is 5.10 Å².